The molecule has 0 atom stereocenters. The first-order valence-electron chi connectivity index (χ1n) is 6.04. The van der Waals surface area contributed by atoms with Crippen LogP contribution in [0.3, 0.4) is 0 Å². The minimum atomic E-state index is -0.0893. The van der Waals surface area contributed by atoms with Crippen LogP contribution in [0.1, 0.15) is 25.7 Å². The SMILES string of the molecule is Nc1ccc(N2CCCC(O)CCC2)cc1. The summed E-state index contributed by atoms with van der Waals surface area (Å²) in [7, 11) is 0. The van der Waals surface area contributed by atoms with Gasteiger partial charge < -0.3 is 15.7 Å². The van der Waals surface area contributed by atoms with Crippen molar-refractivity contribution in [3.63, 3.8) is 0 Å². The van der Waals surface area contributed by atoms with E-state index in [1.165, 1.54) is 5.69 Å². The van der Waals surface area contributed by atoms with Gasteiger partial charge in [0.15, 0.2) is 0 Å². The molecule has 1 fully saturated rings. The lowest BCUT2D eigenvalue weighted by atomic mass is 10.1. The van der Waals surface area contributed by atoms with Crippen LogP contribution >= 0.6 is 0 Å². The van der Waals surface area contributed by atoms with Crippen LogP contribution in [0.4, 0.5) is 11.4 Å². The molecule has 1 aliphatic rings. The van der Waals surface area contributed by atoms with E-state index in [0.717, 1.165) is 44.5 Å². The molecule has 88 valence electrons. The first-order valence-corrected chi connectivity index (χ1v) is 6.04. The third kappa shape index (κ3) is 2.89. The van der Waals surface area contributed by atoms with E-state index in [0.29, 0.717) is 0 Å². The van der Waals surface area contributed by atoms with Crippen LogP contribution in [0.25, 0.3) is 0 Å². The van der Waals surface area contributed by atoms with Gasteiger partial charge in [-0.25, -0.2) is 0 Å². The third-order valence-electron chi connectivity index (χ3n) is 3.19. The summed E-state index contributed by atoms with van der Waals surface area (Å²) in [5.74, 6) is 0. The number of nitrogens with two attached hydrogens (primary N) is 1. The van der Waals surface area contributed by atoms with Crippen molar-refractivity contribution in [1.29, 1.82) is 0 Å². The first kappa shape index (κ1) is 11.3. The van der Waals surface area contributed by atoms with Crippen molar-refractivity contribution in [3.8, 4) is 0 Å². The summed E-state index contributed by atoms with van der Waals surface area (Å²) >= 11 is 0. The Morgan fingerprint density at radius 2 is 1.62 bits per heavy atom. The zero-order valence-corrected chi connectivity index (χ0v) is 9.60. The summed E-state index contributed by atoms with van der Waals surface area (Å²) in [5, 5.41) is 9.57. The fraction of sp³-hybridized carbons (Fsp3) is 0.538. The Labute approximate surface area is 96.9 Å². The van der Waals surface area contributed by atoms with E-state index in [2.05, 4.69) is 17.0 Å². The average molecular weight is 220 g/mol. The Kier molecular flexibility index (Phi) is 3.67. The quantitative estimate of drug-likeness (QED) is 0.712. The molecular formula is C13H20N2O. The second-order valence-corrected chi connectivity index (χ2v) is 4.52. The van der Waals surface area contributed by atoms with Crippen LogP contribution < -0.4 is 10.6 Å². The van der Waals surface area contributed by atoms with Crippen LogP contribution in [-0.2, 0) is 0 Å². The van der Waals surface area contributed by atoms with Gasteiger partial charge in [0, 0.05) is 24.5 Å². The lowest BCUT2D eigenvalue weighted by Gasteiger charge is -2.28. The Balaban J connectivity index is 2.00. The van der Waals surface area contributed by atoms with E-state index >= 15 is 0 Å². The van der Waals surface area contributed by atoms with E-state index in [1.54, 1.807) is 0 Å². The highest BCUT2D eigenvalue weighted by molar-refractivity contribution is 5.53. The monoisotopic (exact) mass is 220 g/mol. The second-order valence-electron chi connectivity index (χ2n) is 4.52. The summed E-state index contributed by atoms with van der Waals surface area (Å²) in [4.78, 5) is 2.38. The predicted molar refractivity (Wildman–Crippen MR) is 67.5 cm³/mol. The smallest absolute Gasteiger partial charge is 0.0541 e. The van der Waals surface area contributed by atoms with E-state index in [4.69, 9.17) is 5.73 Å². The highest BCUT2D eigenvalue weighted by atomic mass is 16.3. The van der Waals surface area contributed by atoms with Crippen LogP contribution in [0, 0.1) is 0 Å². The maximum atomic E-state index is 9.57. The minimum absolute atomic E-state index is 0.0893. The van der Waals surface area contributed by atoms with Crippen molar-refractivity contribution in [2.75, 3.05) is 23.7 Å². The molecule has 0 unspecified atom stereocenters. The second kappa shape index (κ2) is 5.21. The van der Waals surface area contributed by atoms with Gasteiger partial charge in [0.25, 0.3) is 0 Å². The lowest BCUT2D eigenvalue weighted by Crippen LogP contribution is -2.29. The fourth-order valence-corrected chi connectivity index (χ4v) is 2.24. The van der Waals surface area contributed by atoms with Crippen LogP contribution in [0.15, 0.2) is 24.3 Å². The van der Waals surface area contributed by atoms with Gasteiger partial charge in [-0.3, -0.25) is 0 Å². The highest BCUT2D eigenvalue weighted by Crippen LogP contribution is 2.20. The van der Waals surface area contributed by atoms with Gasteiger partial charge in [-0.1, -0.05) is 0 Å². The maximum Gasteiger partial charge on any atom is 0.0541 e. The van der Waals surface area contributed by atoms with Crippen molar-refractivity contribution in [2.24, 2.45) is 0 Å². The molecule has 0 saturated carbocycles. The number of nitrogens with zero attached hydrogens (tertiary/aromatic N) is 1. The zero-order chi connectivity index (χ0) is 11.4. The molecule has 0 amide bonds. The molecule has 3 heteroatoms. The van der Waals surface area contributed by atoms with Crippen molar-refractivity contribution in [1.82, 2.24) is 0 Å². The van der Waals surface area contributed by atoms with Crippen molar-refractivity contribution in [2.45, 2.75) is 31.8 Å². The van der Waals surface area contributed by atoms with Gasteiger partial charge in [-0.15, -0.1) is 0 Å². The average Bonchev–Trinajstić information content (AvgIpc) is 2.25. The largest absolute Gasteiger partial charge is 0.399 e. The molecule has 2 rings (SSSR count). The topological polar surface area (TPSA) is 49.5 Å². The normalized spacial score (nSPS) is 19.2. The van der Waals surface area contributed by atoms with Crippen molar-refractivity contribution >= 4 is 11.4 Å². The molecule has 3 N–H and O–H groups in total. The number of aliphatic hydroxyl groups is 1. The van der Waals surface area contributed by atoms with Crippen LogP contribution in [0.5, 0.6) is 0 Å². The van der Waals surface area contributed by atoms with Gasteiger partial charge >= 0.3 is 0 Å². The number of aliphatic hydroxyl groups excluding tert-OH is 1. The third-order valence-corrected chi connectivity index (χ3v) is 3.19. The molecule has 0 spiro atoms. The molecule has 3 nitrogen and oxygen atoms in total. The maximum absolute atomic E-state index is 9.57. The molecule has 1 saturated heterocycles. The number of rotatable bonds is 1. The molecule has 0 aromatic heterocycles. The fourth-order valence-electron chi connectivity index (χ4n) is 2.24. The van der Waals surface area contributed by atoms with E-state index in [-0.39, 0.29) is 6.10 Å². The van der Waals surface area contributed by atoms with Gasteiger partial charge in [-0.05, 0) is 49.9 Å². The zero-order valence-electron chi connectivity index (χ0n) is 9.60. The molecule has 0 radical (unpaired) electrons. The molecular weight excluding hydrogens is 200 g/mol. The Morgan fingerprint density at radius 1 is 1.06 bits per heavy atom. The Hall–Kier alpha value is -1.22. The summed E-state index contributed by atoms with van der Waals surface area (Å²) < 4.78 is 0. The van der Waals surface area contributed by atoms with E-state index in [9.17, 15) is 5.11 Å². The minimum Gasteiger partial charge on any atom is -0.399 e. The number of hydrogen-bond donors (Lipinski definition) is 2. The summed E-state index contributed by atoms with van der Waals surface area (Å²) in [6, 6.07) is 8.05. The Bertz CT molecular complexity index is 313. The molecule has 0 aliphatic carbocycles. The highest BCUT2D eigenvalue weighted by Gasteiger charge is 2.13. The van der Waals surface area contributed by atoms with E-state index < -0.39 is 0 Å². The van der Waals surface area contributed by atoms with Gasteiger partial charge in [0.05, 0.1) is 6.10 Å². The number of nitrogen functional groups attached to an aromatic ring is 1. The van der Waals surface area contributed by atoms with Crippen molar-refractivity contribution < 1.29 is 5.11 Å². The van der Waals surface area contributed by atoms with E-state index in [1.807, 2.05) is 12.1 Å². The molecule has 1 aromatic carbocycles. The molecule has 1 heterocycles. The lowest BCUT2D eigenvalue weighted by molar-refractivity contribution is 0.146. The summed E-state index contributed by atoms with van der Waals surface area (Å²) in [6.45, 7) is 2.06. The van der Waals surface area contributed by atoms with Crippen molar-refractivity contribution in [3.05, 3.63) is 24.3 Å². The number of anilines is 2. The van der Waals surface area contributed by atoms with Gasteiger partial charge in [0.2, 0.25) is 0 Å². The Morgan fingerprint density at radius 3 is 2.19 bits per heavy atom. The predicted octanol–water partition coefficient (Wildman–Crippen LogP) is 2.01. The first-order chi connectivity index (χ1) is 7.75. The van der Waals surface area contributed by atoms with Crippen LogP contribution in [-0.4, -0.2) is 24.3 Å². The number of benzene rings is 1. The molecule has 1 aliphatic heterocycles. The summed E-state index contributed by atoms with van der Waals surface area (Å²) in [6.07, 6.45) is 3.88. The molecule has 16 heavy (non-hydrogen) atoms. The molecule has 1 aromatic rings. The van der Waals surface area contributed by atoms with Crippen LogP contribution in [0.2, 0.25) is 0 Å². The van der Waals surface area contributed by atoms with Gasteiger partial charge in [-0.2, -0.15) is 0 Å². The number of hydrogen-bond acceptors (Lipinski definition) is 3. The van der Waals surface area contributed by atoms with Gasteiger partial charge in [0.1, 0.15) is 0 Å². The standard InChI is InChI=1S/C13H20N2O/c14-11-5-7-12(8-6-11)15-9-1-3-13(16)4-2-10-15/h5-8,13,16H,1-4,9-10,14H2. The summed E-state index contributed by atoms with van der Waals surface area (Å²) in [5.41, 5.74) is 7.73. The molecule has 0 bridgehead atoms.